The first-order chi connectivity index (χ1) is 18.5. The van der Waals surface area contributed by atoms with Crippen LogP contribution in [0.2, 0.25) is 0 Å². The minimum Gasteiger partial charge on any atom is -0.366 e. The molecule has 0 N–H and O–H groups in total. The molecule has 0 bridgehead atoms. The van der Waals surface area contributed by atoms with E-state index in [2.05, 4.69) is 45.9 Å². The fourth-order valence-electron chi connectivity index (χ4n) is 6.31. The van der Waals surface area contributed by atoms with Gasteiger partial charge < -0.3 is 9.47 Å². The Bertz CT molecular complexity index is 1880. The first-order valence-electron chi connectivity index (χ1n) is 12.9. The Balaban J connectivity index is 1.47. The molecule has 184 valence electrons. The number of aryl methyl sites for hydroxylation is 1. The van der Waals surface area contributed by atoms with Crippen molar-refractivity contribution in [3.63, 3.8) is 0 Å². The maximum Gasteiger partial charge on any atom is 0.197 e. The number of pyridine rings is 1. The van der Waals surface area contributed by atoms with Gasteiger partial charge in [0.05, 0.1) is 23.0 Å². The van der Waals surface area contributed by atoms with Crippen LogP contribution in [0.5, 0.6) is 0 Å². The average molecular weight is 495 g/mol. The quantitative estimate of drug-likeness (QED) is 0.259. The number of para-hydroxylation sites is 1. The van der Waals surface area contributed by atoms with Crippen LogP contribution >= 0.6 is 0 Å². The highest BCUT2D eigenvalue weighted by Crippen LogP contribution is 2.42. The summed E-state index contributed by atoms with van der Waals surface area (Å²) in [7, 11) is 4.02. The predicted molar refractivity (Wildman–Crippen MR) is 156 cm³/mol. The van der Waals surface area contributed by atoms with Crippen LogP contribution in [-0.2, 0) is 7.05 Å². The van der Waals surface area contributed by atoms with E-state index in [9.17, 15) is 9.59 Å². The highest BCUT2D eigenvalue weighted by atomic mass is 16.1. The normalized spacial score (nSPS) is 18.4. The number of fused-ring (bicyclic) bond motifs is 4. The molecule has 4 heteroatoms. The van der Waals surface area contributed by atoms with E-state index in [1.54, 1.807) is 0 Å². The van der Waals surface area contributed by atoms with Gasteiger partial charge in [0, 0.05) is 41.7 Å². The Morgan fingerprint density at radius 3 is 2.16 bits per heavy atom. The number of likely N-dealkylation sites (N-methyl/N-ethyl adjacent to an activating group) is 1. The van der Waals surface area contributed by atoms with Crippen molar-refractivity contribution >= 4 is 38.8 Å². The molecule has 1 aliphatic heterocycles. The van der Waals surface area contributed by atoms with E-state index < -0.39 is 0 Å². The molecular weight excluding hydrogens is 468 g/mol. The molecule has 0 fully saturated rings. The maximum absolute atomic E-state index is 14.0. The minimum absolute atomic E-state index is 0.0148. The third kappa shape index (κ3) is 3.16. The van der Waals surface area contributed by atoms with Crippen LogP contribution in [0.25, 0.3) is 38.5 Å². The molecule has 38 heavy (non-hydrogen) atoms. The van der Waals surface area contributed by atoms with Crippen molar-refractivity contribution in [1.82, 2.24) is 4.57 Å². The molecule has 0 radical (unpaired) electrons. The zero-order valence-corrected chi connectivity index (χ0v) is 21.3. The van der Waals surface area contributed by atoms with Gasteiger partial charge in [-0.25, -0.2) is 0 Å². The second kappa shape index (κ2) is 8.42. The molecule has 2 unspecified atom stereocenters. The van der Waals surface area contributed by atoms with E-state index in [1.807, 2.05) is 86.9 Å². The third-order valence-corrected chi connectivity index (χ3v) is 8.15. The van der Waals surface area contributed by atoms with Crippen molar-refractivity contribution in [2.24, 2.45) is 13.0 Å². The average Bonchev–Trinajstić information content (AvgIpc) is 2.98. The lowest BCUT2D eigenvalue weighted by atomic mass is 9.76. The molecule has 4 aromatic carbocycles. The summed E-state index contributed by atoms with van der Waals surface area (Å²) in [5.41, 5.74) is 7.35. The van der Waals surface area contributed by atoms with E-state index in [1.165, 1.54) is 0 Å². The van der Waals surface area contributed by atoms with Crippen molar-refractivity contribution in [2.75, 3.05) is 11.9 Å². The fourth-order valence-corrected chi connectivity index (χ4v) is 6.31. The Morgan fingerprint density at radius 2 is 1.42 bits per heavy atom. The SMILES string of the molecule is CN1c2cc3c(=O)c4cccc(-c5ccccc5)c4n(C)c3cc2C(=O)C2C=CC=C(c3ccccc3)C21. The van der Waals surface area contributed by atoms with E-state index >= 15 is 0 Å². The maximum atomic E-state index is 14.0. The molecule has 2 aliphatic rings. The molecule has 0 spiro atoms. The number of Topliss-reactive ketones (excluding diaryl/α,β-unsaturated/α-hetero) is 1. The Kier molecular flexibility index (Phi) is 4.98. The van der Waals surface area contributed by atoms with Crippen LogP contribution in [0, 0.1) is 5.92 Å². The van der Waals surface area contributed by atoms with Gasteiger partial charge in [-0.15, -0.1) is 0 Å². The second-order valence-electron chi connectivity index (χ2n) is 10.2. The van der Waals surface area contributed by atoms with Crippen LogP contribution in [0.15, 0.2) is 114 Å². The lowest BCUT2D eigenvalue weighted by molar-refractivity contribution is 0.0931. The zero-order chi connectivity index (χ0) is 26.0. The highest BCUT2D eigenvalue weighted by Gasteiger charge is 2.41. The van der Waals surface area contributed by atoms with Crippen molar-refractivity contribution in [2.45, 2.75) is 6.04 Å². The molecule has 0 amide bonds. The number of anilines is 1. The number of hydrogen-bond donors (Lipinski definition) is 0. The second-order valence-corrected chi connectivity index (χ2v) is 10.2. The highest BCUT2D eigenvalue weighted by molar-refractivity contribution is 6.12. The largest absolute Gasteiger partial charge is 0.366 e. The third-order valence-electron chi connectivity index (χ3n) is 8.15. The summed E-state index contributed by atoms with van der Waals surface area (Å²) < 4.78 is 2.07. The molecule has 7 rings (SSSR count). The number of carbonyl (C=O) groups is 1. The van der Waals surface area contributed by atoms with E-state index in [4.69, 9.17) is 0 Å². The van der Waals surface area contributed by atoms with Crippen molar-refractivity contribution in [1.29, 1.82) is 0 Å². The van der Waals surface area contributed by atoms with Crippen LogP contribution < -0.4 is 10.3 Å². The fraction of sp³-hybridized carbons (Fsp3) is 0.118. The summed E-state index contributed by atoms with van der Waals surface area (Å²) in [6.45, 7) is 0. The summed E-state index contributed by atoms with van der Waals surface area (Å²) in [5.74, 6) is -0.200. The van der Waals surface area contributed by atoms with E-state index in [0.29, 0.717) is 16.3 Å². The number of hydrogen-bond acceptors (Lipinski definition) is 3. The molecule has 0 saturated carbocycles. The van der Waals surface area contributed by atoms with Gasteiger partial charge in [0.2, 0.25) is 0 Å². The summed E-state index contributed by atoms with van der Waals surface area (Å²) in [4.78, 5) is 30.1. The smallest absolute Gasteiger partial charge is 0.197 e. The number of rotatable bonds is 2. The number of carbonyl (C=O) groups excluding carboxylic acids is 1. The van der Waals surface area contributed by atoms with Crippen molar-refractivity contribution < 1.29 is 4.79 Å². The number of aromatic nitrogens is 1. The lowest BCUT2D eigenvalue weighted by Gasteiger charge is -2.42. The van der Waals surface area contributed by atoms with Crippen LogP contribution in [0.4, 0.5) is 5.69 Å². The molecule has 1 aromatic heterocycles. The zero-order valence-electron chi connectivity index (χ0n) is 21.3. The monoisotopic (exact) mass is 494 g/mol. The number of allylic oxidation sites excluding steroid dienone is 2. The standard InChI is InChI=1S/C34H26N2O2/c1-35-29-19-28-30(36(2)32-24(22-13-7-4-8-14-22)16-10-18-26(32)34(28)38)20-27(29)33(37)25-17-9-15-23(31(25)35)21-11-5-3-6-12-21/h3-20,25,31H,1-2H3. The van der Waals surface area contributed by atoms with Gasteiger partial charge in [0.25, 0.3) is 0 Å². The molecular formula is C34H26N2O2. The van der Waals surface area contributed by atoms with E-state index in [0.717, 1.165) is 39.0 Å². The Hall–Kier alpha value is -4.70. The topological polar surface area (TPSA) is 42.3 Å². The summed E-state index contributed by atoms with van der Waals surface area (Å²) in [6.07, 6.45) is 6.11. The Morgan fingerprint density at radius 1 is 0.711 bits per heavy atom. The van der Waals surface area contributed by atoms with Gasteiger partial charge in [0.1, 0.15) is 0 Å². The lowest BCUT2D eigenvalue weighted by Crippen LogP contribution is -2.47. The predicted octanol–water partition coefficient (Wildman–Crippen LogP) is 6.63. The molecule has 5 aromatic rings. The number of benzene rings is 4. The van der Waals surface area contributed by atoms with Gasteiger partial charge in [-0.3, -0.25) is 9.59 Å². The van der Waals surface area contributed by atoms with Gasteiger partial charge in [-0.2, -0.15) is 0 Å². The Labute approximate surface area is 220 Å². The van der Waals surface area contributed by atoms with Crippen LogP contribution in [0.3, 0.4) is 0 Å². The molecule has 2 heterocycles. The van der Waals surface area contributed by atoms with Gasteiger partial charge in [-0.05, 0) is 34.9 Å². The molecule has 4 nitrogen and oxygen atoms in total. The summed E-state index contributed by atoms with van der Waals surface area (Å²) >= 11 is 0. The number of nitrogens with zero attached hydrogens (tertiary/aromatic N) is 2. The van der Waals surface area contributed by atoms with Gasteiger partial charge in [-0.1, -0.05) is 91.0 Å². The number of ketones is 1. The molecule has 1 aliphatic carbocycles. The van der Waals surface area contributed by atoms with Crippen LogP contribution in [-0.4, -0.2) is 23.4 Å². The van der Waals surface area contributed by atoms with Crippen molar-refractivity contribution in [3.05, 3.63) is 131 Å². The van der Waals surface area contributed by atoms with E-state index in [-0.39, 0.29) is 23.2 Å². The molecule has 0 saturated heterocycles. The minimum atomic E-state index is -0.289. The van der Waals surface area contributed by atoms with Crippen molar-refractivity contribution in [3.8, 4) is 11.1 Å². The first-order valence-corrected chi connectivity index (χ1v) is 12.9. The van der Waals surface area contributed by atoms with Gasteiger partial charge >= 0.3 is 0 Å². The first kappa shape index (κ1) is 22.5. The van der Waals surface area contributed by atoms with Crippen LogP contribution in [0.1, 0.15) is 15.9 Å². The summed E-state index contributed by atoms with van der Waals surface area (Å²) in [5, 5.41) is 1.30. The molecule has 2 atom stereocenters. The van der Waals surface area contributed by atoms with Gasteiger partial charge in [0.15, 0.2) is 11.2 Å². The summed E-state index contributed by atoms with van der Waals surface area (Å²) in [6, 6.07) is 29.9.